The number of hydrogen-bond donors (Lipinski definition) is 1. The van der Waals surface area contributed by atoms with Gasteiger partial charge in [0.2, 0.25) is 6.23 Å². The molecule has 0 saturated heterocycles. The zero-order valence-electron chi connectivity index (χ0n) is 13.1. The first-order valence-corrected chi connectivity index (χ1v) is 7.46. The number of fused-ring (bicyclic) bond motifs is 1. The van der Waals surface area contributed by atoms with Gasteiger partial charge in [-0.15, -0.1) is 0 Å². The van der Waals surface area contributed by atoms with Gasteiger partial charge in [0.25, 0.3) is 0 Å². The number of nitrogens with one attached hydrogen (secondary N) is 1. The molecule has 0 saturated carbocycles. The van der Waals surface area contributed by atoms with Crippen LogP contribution in [0.2, 0.25) is 0 Å². The molecule has 0 spiro atoms. The van der Waals surface area contributed by atoms with Gasteiger partial charge in [-0.2, -0.15) is 0 Å². The first-order chi connectivity index (χ1) is 10.3. The molecule has 0 radical (unpaired) electrons. The van der Waals surface area contributed by atoms with Gasteiger partial charge in [0.15, 0.2) is 0 Å². The molecule has 1 atom stereocenters. The van der Waals surface area contributed by atoms with Crippen molar-refractivity contribution in [1.29, 1.82) is 0 Å². The van der Waals surface area contributed by atoms with Crippen LogP contribution < -0.4 is 5.32 Å². The maximum atomic E-state index is 11.6. The Kier molecular flexibility index (Phi) is 7.02. The molecular weight excluding hydrogens is 262 g/mol. The minimum atomic E-state index is -0.388. The van der Waals surface area contributed by atoms with Gasteiger partial charge in [-0.3, -0.25) is 0 Å². The van der Waals surface area contributed by atoms with Crippen LogP contribution in [0.25, 0.3) is 0 Å². The van der Waals surface area contributed by atoms with Crippen LogP contribution in [0.5, 0.6) is 0 Å². The second-order valence-corrected chi connectivity index (χ2v) is 3.88. The zero-order valence-corrected chi connectivity index (χ0v) is 13.1. The van der Waals surface area contributed by atoms with E-state index in [1.165, 1.54) is 0 Å². The summed E-state index contributed by atoms with van der Waals surface area (Å²) in [7, 11) is 0. The van der Waals surface area contributed by atoms with E-state index >= 15 is 0 Å². The number of carbonyl (C=O) groups is 1. The fourth-order valence-corrected chi connectivity index (χ4v) is 1.94. The molecule has 1 unspecified atom stereocenters. The third-order valence-electron chi connectivity index (χ3n) is 2.76. The van der Waals surface area contributed by atoms with Crippen LogP contribution in [0.4, 0.5) is 5.69 Å². The number of para-hydroxylation sites is 1. The van der Waals surface area contributed by atoms with Gasteiger partial charge in [0.05, 0.1) is 5.56 Å². The van der Waals surface area contributed by atoms with Crippen molar-refractivity contribution < 1.29 is 9.53 Å². The van der Waals surface area contributed by atoms with Gasteiger partial charge in [-0.1, -0.05) is 64.1 Å². The summed E-state index contributed by atoms with van der Waals surface area (Å²) in [5.74, 6) is -0.269. The van der Waals surface area contributed by atoms with Crippen molar-refractivity contribution >= 4 is 11.7 Å². The maximum absolute atomic E-state index is 11.6. The molecule has 112 valence electrons. The highest BCUT2D eigenvalue weighted by molar-refractivity contribution is 5.94. The Morgan fingerprint density at radius 2 is 1.43 bits per heavy atom. The molecule has 1 aliphatic rings. The largest absolute Gasteiger partial charge is 0.434 e. The number of hydrogen-bond acceptors (Lipinski definition) is 3. The topological polar surface area (TPSA) is 38.3 Å². The Morgan fingerprint density at radius 1 is 0.857 bits per heavy atom. The van der Waals surface area contributed by atoms with E-state index in [1.807, 2.05) is 76.2 Å². The highest BCUT2D eigenvalue weighted by atomic mass is 16.6. The molecule has 1 N–H and O–H groups in total. The molecule has 0 amide bonds. The van der Waals surface area contributed by atoms with E-state index in [4.69, 9.17) is 4.74 Å². The Morgan fingerprint density at radius 3 is 2.10 bits per heavy atom. The fraction of sp³-hybridized carbons (Fsp3) is 0.278. The average Bonchev–Trinajstić information content (AvgIpc) is 2.89. The third-order valence-corrected chi connectivity index (χ3v) is 2.76. The lowest BCUT2D eigenvalue weighted by molar-refractivity contribution is 0.0437. The number of cyclic esters (lactones) is 1. The molecule has 0 fully saturated rings. The van der Waals surface area contributed by atoms with Crippen LogP contribution in [-0.4, -0.2) is 5.97 Å². The monoisotopic (exact) mass is 285 g/mol. The van der Waals surface area contributed by atoms with Gasteiger partial charge in [0, 0.05) is 11.3 Å². The molecular formula is C18H23NO2. The summed E-state index contributed by atoms with van der Waals surface area (Å²) in [4.78, 5) is 11.6. The summed E-state index contributed by atoms with van der Waals surface area (Å²) in [5.41, 5.74) is 2.46. The predicted octanol–water partition coefficient (Wildman–Crippen LogP) is 5.02. The number of anilines is 1. The van der Waals surface area contributed by atoms with E-state index in [2.05, 4.69) is 5.32 Å². The van der Waals surface area contributed by atoms with Crippen LogP contribution in [0.1, 0.15) is 49.8 Å². The summed E-state index contributed by atoms with van der Waals surface area (Å²) >= 11 is 0. The molecule has 3 rings (SSSR count). The zero-order chi connectivity index (χ0) is 15.7. The second-order valence-electron chi connectivity index (χ2n) is 3.88. The quantitative estimate of drug-likeness (QED) is 0.787. The van der Waals surface area contributed by atoms with Crippen LogP contribution >= 0.6 is 0 Å². The van der Waals surface area contributed by atoms with Crippen molar-refractivity contribution in [1.82, 2.24) is 0 Å². The molecule has 0 aliphatic carbocycles. The molecule has 2 aromatic carbocycles. The van der Waals surface area contributed by atoms with Crippen molar-refractivity contribution in [3.8, 4) is 0 Å². The maximum Gasteiger partial charge on any atom is 0.340 e. The number of benzene rings is 2. The first-order valence-electron chi connectivity index (χ1n) is 7.46. The smallest absolute Gasteiger partial charge is 0.340 e. The fourth-order valence-electron chi connectivity index (χ4n) is 1.94. The van der Waals surface area contributed by atoms with Gasteiger partial charge in [-0.25, -0.2) is 4.79 Å². The number of rotatable bonds is 2. The molecule has 1 heterocycles. The average molecular weight is 285 g/mol. The Hall–Kier alpha value is -2.29. The summed E-state index contributed by atoms with van der Waals surface area (Å²) in [6, 6.07) is 17.1. The van der Waals surface area contributed by atoms with Crippen LogP contribution in [0.3, 0.4) is 0 Å². The molecule has 3 heteroatoms. The lowest BCUT2D eigenvalue weighted by Gasteiger charge is -2.13. The summed E-state index contributed by atoms with van der Waals surface area (Å²) < 4.78 is 5.29. The Bertz CT molecular complexity index is 552. The van der Waals surface area contributed by atoms with Crippen LogP contribution in [0, 0.1) is 0 Å². The van der Waals surface area contributed by atoms with Crippen molar-refractivity contribution in [3.05, 3.63) is 65.7 Å². The van der Waals surface area contributed by atoms with E-state index in [9.17, 15) is 4.79 Å². The highest BCUT2D eigenvalue weighted by Crippen LogP contribution is 2.30. The molecule has 0 aromatic heterocycles. The van der Waals surface area contributed by atoms with Crippen molar-refractivity contribution in [2.75, 3.05) is 5.32 Å². The van der Waals surface area contributed by atoms with E-state index in [0.29, 0.717) is 5.56 Å². The number of ether oxygens (including phenoxy) is 1. The van der Waals surface area contributed by atoms with Crippen molar-refractivity contribution in [2.24, 2.45) is 0 Å². The van der Waals surface area contributed by atoms with E-state index in [1.54, 1.807) is 6.07 Å². The lowest BCUT2D eigenvalue weighted by atomic mass is 10.1. The van der Waals surface area contributed by atoms with E-state index < -0.39 is 0 Å². The van der Waals surface area contributed by atoms with Gasteiger partial charge in [-0.05, 0) is 18.2 Å². The molecule has 21 heavy (non-hydrogen) atoms. The van der Waals surface area contributed by atoms with Crippen molar-refractivity contribution in [3.63, 3.8) is 0 Å². The van der Waals surface area contributed by atoms with Gasteiger partial charge >= 0.3 is 5.97 Å². The summed E-state index contributed by atoms with van der Waals surface area (Å²) in [5, 5.41) is 3.18. The molecule has 3 nitrogen and oxygen atoms in total. The minimum absolute atomic E-state index is 0.269. The Labute approximate surface area is 127 Å². The first kappa shape index (κ1) is 16.8. The highest BCUT2D eigenvalue weighted by Gasteiger charge is 2.30. The van der Waals surface area contributed by atoms with E-state index in [0.717, 1.165) is 11.3 Å². The minimum Gasteiger partial charge on any atom is -0.434 e. The normalized spacial score (nSPS) is 14.7. The molecule has 0 bridgehead atoms. The van der Waals surface area contributed by atoms with Gasteiger partial charge in [0.1, 0.15) is 0 Å². The standard InChI is InChI=1S/C14H11NO2.2C2H6/c16-14-12-9-5-4-8-11(12)13(17-14)15-10-6-2-1-3-7-10;2*1-2/h1-9,13,15H;2*1-2H3. The molecule has 1 aliphatic heterocycles. The lowest BCUT2D eigenvalue weighted by Crippen LogP contribution is -2.09. The Balaban J connectivity index is 0.000000510. The van der Waals surface area contributed by atoms with Crippen LogP contribution in [0.15, 0.2) is 54.6 Å². The summed E-state index contributed by atoms with van der Waals surface area (Å²) in [6.07, 6.45) is -0.388. The predicted molar refractivity (Wildman–Crippen MR) is 87.4 cm³/mol. The van der Waals surface area contributed by atoms with Crippen molar-refractivity contribution in [2.45, 2.75) is 33.9 Å². The third kappa shape index (κ3) is 4.09. The second kappa shape index (κ2) is 8.80. The SMILES string of the molecule is CC.CC.O=C1OC(Nc2ccccc2)c2ccccc21. The summed E-state index contributed by atoms with van der Waals surface area (Å²) in [6.45, 7) is 8.00. The number of esters is 1. The van der Waals surface area contributed by atoms with Gasteiger partial charge < -0.3 is 10.1 Å². The molecule has 2 aromatic rings. The van der Waals surface area contributed by atoms with Crippen LogP contribution in [-0.2, 0) is 4.74 Å². The van der Waals surface area contributed by atoms with E-state index in [-0.39, 0.29) is 12.2 Å². The number of carbonyl (C=O) groups excluding carboxylic acids is 1.